The van der Waals surface area contributed by atoms with Crippen LogP contribution in [-0.4, -0.2) is 7.05 Å². The summed E-state index contributed by atoms with van der Waals surface area (Å²) in [6.07, 6.45) is 5.28. The summed E-state index contributed by atoms with van der Waals surface area (Å²) in [6.45, 7) is 0. The Balaban J connectivity index is 1.94. The summed E-state index contributed by atoms with van der Waals surface area (Å²) in [7, 11) is 2.05. The first-order valence-corrected chi connectivity index (χ1v) is 8.74. The number of aryl methyl sites for hydroxylation is 2. The molecule has 96 valence electrons. The summed E-state index contributed by atoms with van der Waals surface area (Å²) >= 11 is 7.38. The molecule has 0 aliphatic heterocycles. The Hall–Kier alpha value is -0.160. The van der Waals surface area contributed by atoms with Crippen molar-refractivity contribution in [3.8, 4) is 0 Å². The summed E-state index contributed by atoms with van der Waals surface area (Å²) in [4.78, 5) is 4.48. The Morgan fingerprint density at radius 3 is 2.67 bits per heavy atom. The van der Waals surface area contributed by atoms with Gasteiger partial charge in [-0.15, -0.1) is 22.7 Å². The van der Waals surface area contributed by atoms with Crippen molar-refractivity contribution in [2.24, 2.45) is 0 Å². The molecule has 0 saturated carbocycles. The number of thiophene rings is 2. The maximum atomic E-state index is 3.55. The van der Waals surface area contributed by atoms with Crippen molar-refractivity contribution in [2.75, 3.05) is 7.05 Å². The molecule has 4 heteroatoms. The number of rotatable bonds is 3. The zero-order valence-electron chi connectivity index (χ0n) is 10.3. The highest BCUT2D eigenvalue weighted by Gasteiger charge is 2.20. The highest BCUT2D eigenvalue weighted by Crippen LogP contribution is 2.37. The first kappa shape index (κ1) is 12.9. The van der Waals surface area contributed by atoms with Gasteiger partial charge in [-0.05, 0) is 72.4 Å². The third-order valence-electron chi connectivity index (χ3n) is 3.47. The average molecular weight is 342 g/mol. The molecule has 0 saturated heterocycles. The topological polar surface area (TPSA) is 12.0 Å². The van der Waals surface area contributed by atoms with Gasteiger partial charge in [0.05, 0.1) is 9.83 Å². The van der Waals surface area contributed by atoms with E-state index >= 15 is 0 Å². The standard InChI is InChI=1S/C14H16BrNS2/c1-16-14(11-6-7-13(15)18-11)12-8-9-4-2-3-5-10(9)17-12/h6-8,14,16H,2-5H2,1H3. The Morgan fingerprint density at radius 2 is 2.00 bits per heavy atom. The fourth-order valence-electron chi connectivity index (χ4n) is 2.56. The molecule has 0 aromatic carbocycles. The zero-order chi connectivity index (χ0) is 12.5. The van der Waals surface area contributed by atoms with Crippen LogP contribution in [0.25, 0.3) is 0 Å². The minimum Gasteiger partial charge on any atom is -0.308 e. The van der Waals surface area contributed by atoms with Gasteiger partial charge in [0.2, 0.25) is 0 Å². The van der Waals surface area contributed by atoms with Crippen molar-refractivity contribution >= 4 is 38.6 Å². The van der Waals surface area contributed by atoms with Crippen molar-refractivity contribution in [3.05, 3.63) is 42.2 Å². The van der Waals surface area contributed by atoms with Crippen LogP contribution in [0.15, 0.2) is 22.0 Å². The van der Waals surface area contributed by atoms with Crippen LogP contribution in [0.2, 0.25) is 0 Å². The van der Waals surface area contributed by atoms with Crippen LogP contribution in [0.3, 0.4) is 0 Å². The van der Waals surface area contributed by atoms with Crippen molar-refractivity contribution in [3.63, 3.8) is 0 Å². The summed E-state index contributed by atoms with van der Waals surface area (Å²) in [5.41, 5.74) is 1.59. The van der Waals surface area contributed by atoms with E-state index in [1.54, 1.807) is 10.4 Å². The summed E-state index contributed by atoms with van der Waals surface area (Å²) in [5, 5.41) is 3.46. The summed E-state index contributed by atoms with van der Waals surface area (Å²) < 4.78 is 1.21. The second-order valence-electron chi connectivity index (χ2n) is 4.67. The molecule has 1 aliphatic carbocycles. The van der Waals surface area contributed by atoms with E-state index in [4.69, 9.17) is 0 Å². The maximum absolute atomic E-state index is 3.55. The Labute approximate surface area is 124 Å². The molecule has 3 rings (SSSR count). The smallest absolute Gasteiger partial charge is 0.0763 e. The molecular weight excluding hydrogens is 326 g/mol. The van der Waals surface area contributed by atoms with E-state index in [1.807, 2.05) is 22.7 Å². The lowest BCUT2D eigenvalue weighted by molar-refractivity contribution is 0.694. The first-order valence-electron chi connectivity index (χ1n) is 6.32. The van der Waals surface area contributed by atoms with Gasteiger partial charge in [-0.25, -0.2) is 0 Å². The third kappa shape index (κ3) is 2.44. The Bertz CT molecular complexity index is 520. The molecule has 2 heterocycles. The monoisotopic (exact) mass is 341 g/mol. The fraction of sp³-hybridized carbons (Fsp3) is 0.429. The first-order chi connectivity index (χ1) is 8.78. The number of halogens is 1. The van der Waals surface area contributed by atoms with Gasteiger partial charge in [0.1, 0.15) is 0 Å². The molecular formula is C14H16BrNS2. The van der Waals surface area contributed by atoms with Crippen LogP contribution in [-0.2, 0) is 12.8 Å². The second kappa shape index (κ2) is 5.45. The SMILES string of the molecule is CNC(c1ccc(Br)s1)c1cc2c(s1)CCCC2. The molecule has 18 heavy (non-hydrogen) atoms. The molecule has 1 N–H and O–H groups in total. The highest BCUT2D eigenvalue weighted by molar-refractivity contribution is 9.11. The van der Waals surface area contributed by atoms with E-state index in [-0.39, 0.29) is 0 Å². The van der Waals surface area contributed by atoms with Gasteiger partial charge in [0.15, 0.2) is 0 Å². The summed E-state index contributed by atoms with van der Waals surface area (Å²) in [5.74, 6) is 0. The molecule has 2 aromatic rings. The van der Waals surface area contributed by atoms with Crippen LogP contribution < -0.4 is 5.32 Å². The van der Waals surface area contributed by atoms with Crippen molar-refractivity contribution in [1.29, 1.82) is 0 Å². The van der Waals surface area contributed by atoms with Crippen molar-refractivity contribution in [2.45, 2.75) is 31.7 Å². The van der Waals surface area contributed by atoms with E-state index < -0.39 is 0 Å². The van der Waals surface area contributed by atoms with Gasteiger partial charge in [-0.1, -0.05) is 0 Å². The van der Waals surface area contributed by atoms with Crippen LogP contribution in [0.1, 0.15) is 39.1 Å². The second-order valence-corrected chi connectivity index (χ2v) is 8.33. The van der Waals surface area contributed by atoms with Gasteiger partial charge in [-0.3, -0.25) is 0 Å². The lowest BCUT2D eigenvalue weighted by atomic mass is 9.99. The molecule has 1 aliphatic rings. The van der Waals surface area contributed by atoms with Crippen molar-refractivity contribution < 1.29 is 0 Å². The van der Waals surface area contributed by atoms with Gasteiger partial charge >= 0.3 is 0 Å². The van der Waals surface area contributed by atoms with Crippen LogP contribution in [0.4, 0.5) is 0 Å². The van der Waals surface area contributed by atoms with E-state index in [9.17, 15) is 0 Å². The van der Waals surface area contributed by atoms with Gasteiger partial charge in [0.25, 0.3) is 0 Å². The number of hydrogen-bond acceptors (Lipinski definition) is 3. The molecule has 0 amide bonds. The normalized spacial score (nSPS) is 16.6. The molecule has 0 radical (unpaired) electrons. The average Bonchev–Trinajstić information content (AvgIpc) is 2.96. The predicted octanol–water partition coefficient (Wildman–Crippen LogP) is 4.76. The quantitative estimate of drug-likeness (QED) is 0.848. The molecule has 1 nitrogen and oxygen atoms in total. The highest BCUT2D eigenvalue weighted by atomic mass is 79.9. The minimum absolute atomic E-state index is 0.358. The van der Waals surface area contributed by atoms with E-state index in [0.29, 0.717) is 6.04 Å². The Morgan fingerprint density at radius 1 is 1.17 bits per heavy atom. The van der Waals surface area contributed by atoms with Gasteiger partial charge in [0, 0.05) is 14.6 Å². The third-order valence-corrected chi connectivity index (χ3v) is 6.46. The van der Waals surface area contributed by atoms with E-state index in [1.165, 1.54) is 39.2 Å². The van der Waals surface area contributed by atoms with E-state index in [2.05, 4.69) is 46.5 Å². The predicted molar refractivity (Wildman–Crippen MR) is 83.9 cm³/mol. The van der Waals surface area contributed by atoms with Gasteiger partial charge in [-0.2, -0.15) is 0 Å². The number of hydrogen-bond donors (Lipinski definition) is 1. The molecule has 0 spiro atoms. The Kier molecular flexibility index (Phi) is 3.89. The zero-order valence-corrected chi connectivity index (χ0v) is 13.6. The maximum Gasteiger partial charge on any atom is 0.0763 e. The minimum atomic E-state index is 0.358. The molecule has 2 aromatic heterocycles. The molecule has 0 bridgehead atoms. The number of nitrogens with one attached hydrogen (secondary N) is 1. The lowest BCUT2D eigenvalue weighted by Crippen LogP contribution is -2.15. The molecule has 1 atom stereocenters. The van der Waals surface area contributed by atoms with E-state index in [0.717, 1.165) is 0 Å². The fourth-order valence-corrected chi connectivity index (χ4v) is 5.58. The van der Waals surface area contributed by atoms with Crippen LogP contribution in [0.5, 0.6) is 0 Å². The van der Waals surface area contributed by atoms with Gasteiger partial charge < -0.3 is 5.32 Å². The lowest BCUT2D eigenvalue weighted by Gasteiger charge is -2.12. The van der Waals surface area contributed by atoms with Crippen LogP contribution >= 0.6 is 38.6 Å². The molecule has 1 unspecified atom stereocenters. The number of fused-ring (bicyclic) bond motifs is 1. The van der Waals surface area contributed by atoms with Crippen LogP contribution in [0, 0.1) is 0 Å². The summed E-state index contributed by atoms with van der Waals surface area (Å²) in [6, 6.07) is 7.14. The molecule has 0 fully saturated rings. The van der Waals surface area contributed by atoms with Crippen molar-refractivity contribution in [1.82, 2.24) is 5.32 Å². The largest absolute Gasteiger partial charge is 0.308 e.